The third-order valence-electron chi connectivity index (χ3n) is 5.59. The molecule has 0 bridgehead atoms. The van der Waals surface area contributed by atoms with Gasteiger partial charge in [-0.15, -0.1) is 0 Å². The predicted octanol–water partition coefficient (Wildman–Crippen LogP) is 3.03. The molecule has 0 aliphatic carbocycles. The summed E-state index contributed by atoms with van der Waals surface area (Å²) >= 11 is 0. The number of nitrogens with zero attached hydrogens (tertiary/aromatic N) is 2. The summed E-state index contributed by atoms with van der Waals surface area (Å²) in [7, 11) is 1.76. The summed E-state index contributed by atoms with van der Waals surface area (Å²) in [6, 6.07) is 12.3. The van der Waals surface area contributed by atoms with Gasteiger partial charge in [0.2, 0.25) is 10.0 Å². The Kier molecular flexibility index (Phi) is 8.52. The topological polar surface area (TPSA) is 108 Å². The van der Waals surface area contributed by atoms with E-state index in [1.54, 1.807) is 30.3 Å². The monoisotopic (exact) mass is 500 g/mol. The highest BCUT2D eigenvalue weighted by molar-refractivity contribution is 7.92. The molecule has 1 heterocycles. The molecule has 10 heteroatoms. The summed E-state index contributed by atoms with van der Waals surface area (Å²) in [5.41, 5.74) is 3.89. The maximum atomic E-state index is 12.3. The zero-order valence-corrected chi connectivity index (χ0v) is 21.3. The van der Waals surface area contributed by atoms with Crippen molar-refractivity contribution >= 4 is 44.5 Å². The highest BCUT2D eigenvalue weighted by atomic mass is 32.2. The number of amides is 1. The van der Waals surface area contributed by atoms with Gasteiger partial charge in [0.1, 0.15) is 0 Å². The van der Waals surface area contributed by atoms with Gasteiger partial charge in [-0.1, -0.05) is 12.1 Å². The summed E-state index contributed by atoms with van der Waals surface area (Å²) in [6.45, 7) is 1.70. The Morgan fingerprint density at radius 2 is 1.83 bits per heavy atom. The van der Waals surface area contributed by atoms with Gasteiger partial charge in [-0.3, -0.25) is 9.10 Å². The Morgan fingerprint density at radius 1 is 1.11 bits per heavy atom. The predicted molar refractivity (Wildman–Crippen MR) is 139 cm³/mol. The number of likely N-dealkylation sites (N-methyl/N-ethyl adjacent to an activating group) is 1. The number of ether oxygens (including phenoxy) is 1. The molecule has 2 N–H and O–H groups in total. The summed E-state index contributed by atoms with van der Waals surface area (Å²) in [5.74, 6) is -0.633. The molecule has 0 unspecified atom stereocenters. The van der Waals surface area contributed by atoms with Crippen molar-refractivity contribution in [1.82, 2.24) is 4.90 Å². The summed E-state index contributed by atoms with van der Waals surface area (Å²) in [6.07, 6.45) is 4.60. The molecule has 1 aliphatic heterocycles. The highest BCUT2D eigenvalue weighted by Crippen LogP contribution is 2.33. The summed E-state index contributed by atoms with van der Waals surface area (Å²) in [4.78, 5) is 26.0. The van der Waals surface area contributed by atoms with Crippen LogP contribution < -0.4 is 14.9 Å². The Balaban J connectivity index is 1.54. The number of nitrogens with one attached hydrogen (secondary N) is 2. The minimum absolute atomic E-state index is 0.185. The van der Waals surface area contributed by atoms with Gasteiger partial charge in [-0.2, -0.15) is 0 Å². The van der Waals surface area contributed by atoms with Gasteiger partial charge in [-0.05, 0) is 63.3 Å². The van der Waals surface area contributed by atoms with E-state index < -0.39 is 16.0 Å². The van der Waals surface area contributed by atoms with Gasteiger partial charge in [0.15, 0.2) is 0 Å². The molecule has 0 radical (unpaired) electrons. The highest BCUT2D eigenvalue weighted by Gasteiger charge is 2.25. The van der Waals surface area contributed by atoms with E-state index in [0.29, 0.717) is 48.6 Å². The second-order valence-corrected chi connectivity index (χ2v) is 10.5. The van der Waals surface area contributed by atoms with E-state index >= 15 is 0 Å². The van der Waals surface area contributed by atoms with Crippen LogP contribution in [0.2, 0.25) is 0 Å². The Morgan fingerprint density at radius 3 is 2.46 bits per heavy atom. The second-order valence-electron chi connectivity index (χ2n) is 8.58. The van der Waals surface area contributed by atoms with E-state index in [9.17, 15) is 18.0 Å². The smallest absolute Gasteiger partial charge is 0.337 e. The van der Waals surface area contributed by atoms with Crippen LogP contribution >= 0.6 is 0 Å². The third-order valence-corrected chi connectivity index (χ3v) is 6.78. The van der Waals surface area contributed by atoms with E-state index in [2.05, 4.69) is 10.6 Å². The van der Waals surface area contributed by atoms with Crippen LogP contribution in [-0.4, -0.2) is 72.3 Å². The number of benzene rings is 2. The number of carbonyl (C=O) groups excluding carboxylic acids is 2. The lowest BCUT2D eigenvalue weighted by atomic mass is 10.0. The first-order valence-corrected chi connectivity index (χ1v) is 13.2. The first-order valence-electron chi connectivity index (χ1n) is 11.3. The number of rotatable bonds is 11. The lowest BCUT2D eigenvalue weighted by molar-refractivity contribution is -0.110. The molecule has 0 aromatic heterocycles. The number of unbranched alkanes of at least 4 members (excludes halogenated alkanes) is 1. The molecule has 3 rings (SSSR count). The van der Waals surface area contributed by atoms with Crippen LogP contribution in [0.25, 0.3) is 5.57 Å². The molecule has 0 spiro atoms. The van der Waals surface area contributed by atoms with Gasteiger partial charge in [-0.25, -0.2) is 13.2 Å². The fourth-order valence-electron chi connectivity index (χ4n) is 3.75. The average Bonchev–Trinajstić information content (AvgIpc) is 3.12. The number of esters is 1. The van der Waals surface area contributed by atoms with Crippen LogP contribution in [0.5, 0.6) is 0 Å². The van der Waals surface area contributed by atoms with E-state index in [-0.39, 0.29) is 5.91 Å². The number of hydrogen-bond donors (Lipinski definition) is 2. The number of carbonyl (C=O) groups is 2. The van der Waals surface area contributed by atoms with E-state index in [1.807, 2.05) is 37.2 Å². The van der Waals surface area contributed by atoms with Crippen molar-refractivity contribution in [1.29, 1.82) is 0 Å². The van der Waals surface area contributed by atoms with Crippen molar-refractivity contribution in [3.63, 3.8) is 0 Å². The first-order chi connectivity index (χ1) is 16.6. The SMILES string of the molecule is COC(=O)c1ccc2c(c1)NC(=O)/C2=C\CCCNc1ccc(N(CCN(C)C)S(C)(=O)=O)cc1. The van der Waals surface area contributed by atoms with E-state index in [4.69, 9.17) is 4.74 Å². The molecule has 1 amide bonds. The zero-order chi connectivity index (χ0) is 25.6. The molecule has 9 nitrogen and oxygen atoms in total. The molecule has 1 aliphatic rings. The van der Waals surface area contributed by atoms with Crippen LogP contribution in [0.3, 0.4) is 0 Å². The number of anilines is 3. The van der Waals surface area contributed by atoms with Crippen molar-refractivity contribution < 1.29 is 22.7 Å². The first kappa shape index (κ1) is 26.2. The van der Waals surface area contributed by atoms with Crippen molar-refractivity contribution in [3.05, 3.63) is 59.7 Å². The Labute approximate surface area is 206 Å². The molecular weight excluding hydrogens is 468 g/mol. The number of fused-ring (bicyclic) bond motifs is 1. The standard InChI is InChI=1S/C25H32N4O5S/c1-28(2)15-16-29(35(4,32)33)20-11-9-19(10-12-20)26-14-6-5-7-22-21-13-8-18(25(31)34-3)17-23(21)27-24(22)30/h7-13,17,26H,5-6,14-16H2,1-4H3,(H,27,30)/b22-7-. The molecule has 0 atom stereocenters. The largest absolute Gasteiger partial charge is 0.465 e. The number of sulfonamides is 1. The van der Waals surface area contributed by atoms with Gasteiger partial charge in [0.05, 0.1) is 24.6 Å². The molecule has 0 fully saturated rings. The van der Waals surface area contributed by atoms with Gasteiger partial charge < -0.3 is 20.3 Å². The van der Waals surface area contributed by atoms with E-state index in [0.717, 1.165) is 17.7 Å². The number of allylic oxidation sites excluding steroid dienone is 1. The van der Waals surface area contributed by atoms with E-state index in [1.165, 1.54) is 17.7 Å². The Hall–Kier alpha value is -3.37. The molecular formula is C25H32N4O5S. The van der Waals surface area contributed by atoms with Crippen LogP contribution in [0.15, 0.2) is 48.5 Å². The van der Waals surface area contributed by atoms with Gasteiger partial charge in [0, 0.05) is 42.1 Å². The van der Waals surface area contributed by atoms with Crippen LogP contribution in [-0.2, 0) is 19.6 Å². The molecule has 2 aromatic rings. The van der Waals surface area contributed by atoms with Crippen molar-refractivity contribution in [2.75, 3.05) is 62.0 Å². The molecule has 0 saturated heterocycles. The van der Waals surface area contributed by atoms with Crippen LogP contribution in [0.4, 0.5) is 17.1 Å². The fraction of sp³-hybridized carbons (Fsp3) is 0.360. The second kappa shape index (κ2) is 11.4. The molecule has 35 heavy (non-hydrogen) atoms. The van der Waals surface area contributed by atoms with Crippen molar-refractivity contribution in [3.8, 4) is 0 Å². The van der Waals surface area contributed by atoms with Crippen LogP contribution in [0.1, 0.15) is 28.8 Å². The maximum Gasteiger partial charge on any atom is 0.337 e. The average molecular weight is 501 g/mol. The van der Waals surface area contributed by atoms with Crippen LogP contribution in [0, 0.1) is 0 Å². The third kappa shape index (κ3) is 6.83. The fourth-order valence-corrected chi connectivity index (χ4v) is 4.66. The number of methoxy groups -OCH3 is 1. The van der Waals surface area contributed by atoms with Gasteiger partial charge in [0.25, 0.3) is 5.91 Å². The summed E-state index contributed by atoms with van der Waals surface area (Å²) < 4.78 is 30.5. The van der Waals surface area contributed by atoms with Crippen molar-refractivity contribution in [2.45, 2.75) is 12.8 Å². The lowest BCUT2D eigenvalue weighted by Crippen LogP contribution is -2.35. The normalized spacial score (nSPS) is 14.1. The minimum Gasteiger partial charge on any atom is -0.465 e. The molecule has 0 saturated carbocycles. The number of hydrogen-bond acceptors (Lipinski definition) is 7. The minimum atomic E-state index is -3.37. The summed E-state index contributed by atoms with van der Waals surface area (Å²) in [5, 5.41) is 6.12. The molecule has 188 valence electrons. The quantitative estimate of drug-likeness (QED) is 0.277. The maximum absolute atomic E-state index is 12.3. The molecule has 2 aromatic carbocycles. The zero-order valence-electron chi connectivity index (χ0n) is 20.5. The Bertz CT molecular complexity index is 1210. The van der Waals surface area contributed by atoms with Crippen molar-refractivity contribution in [2.24, 2.45) is 0 Å². The van der Waals surface area contributed by atoms with Gasteiger partial charge >= 0.3 is 5.97 Å². The lowest BCUT2D eigenvalue weighted by Gasteiger charge is -2.24.